The van der Waals surface area contributed by atoms with Crippen LogP contribution in [0.25, 0.3) is 60.3 Å². The van der Waals surface area contributed by atoms with E-state index in [2.05, 4.69) is 155 Å². The average Bonchev–Trinajstić information content (AvgIpc) is 3.66. The Hall–Kier alpha value is -6.39. The number of benzene rings is 7. The van der Waals surface area contributed by atoms with Gasteiger partial charge >= 0.3 is 0 Å². The number of nitrogens with zero attached hydrogens (tertiary/aromatic N) is 4. The number of hydrogen-bond acceptors (Lipinski definition) is 1. The molecule has 0 bridgehead atoms. The molecule has 226 valence electrons. The highest BCUT2D eigenvalue weighted by Gasteiger charge is 2.20. The van der Waals surface area contributed by atoms with Crippen molar-refractivity contribution in [3.63, 3.8) is 0 Å². The molecule has 2 aromatic heterocycles. The minimum absolute atomic E-state index is 0.198. The van der Waals surface area contributed by atoms with E-state index in [0.717, 1.165) is 39.6 Å². The molecule has 7 aromatic carbocycles. The summed E-state index contributed by atoms with van der Waals surface area (Å²) in [5, 5.41) is 10.2. The van der Waals surface area contributed by atoms with Crippen LogP contribution in [-0.4, -0.2) is 14.8 Å². The molecule has 1 atom stereocenters. The van der Waals surface area contributed by atoms with Gasteiger partial charge in [0.05, 0.1) is 22.1 Å². The maximum absolute atomic E-state index is 5.22. The molecular weight excluding hydrogens is 585 g/mol. The summed E-state index contributed by atoms with van der Waals surface area (Å²) in [6.07, 6.45) is 0. The second-order valence-corrected chi connectivity index (χ2v) is 12.4. The van der Waals surface area contributed by atoms with E-state index in [1.165, 1.54) is 43.6 Å². The van der Waals surface area contributed by atoms with E-state index in [0.29, 0.717) is 0 Å². The first-order chi connectivity index (χ1) is 23.8. The highest BCUT2D eigenvalue weighted by molar-refractivity contribution is 6.19. The van der Waals surface area contributed by atoms with Gasteiger partial charge in [0, 0.05) is 44.3 Å². The standard InChI is InChI=1S/C44H29N4/c1-3-13-29(14-4-1)43-44(46-38-20-10-9-19-37(38)45-43)30-23-25-32(26-24-30)48-40-22-12-8-18-34(40)36-27-35-33-17-7-11-21-39(33)47(41(35)28-42(36)48)31-15-5-2-6-16-31/h1-28,44H/q-1. The van der Waals surface area contributed by atoms with Gasteiger partial charge in [-0.1, -0.05) is 121 Å². The molecule has 4 heteroatoms. The number of aliphatic imine (C=N–C) groups is 1. The predicted molar refractivity (Wildman–Crippen MR) is 200 cm³/mol. The fourth-order valence-corrected chi connectivity index (χ4v) is 7.49. The number of aromatic nitrogens is 2. The molecule has 1 unspecified atom stereocenters. The van der Waals surface area contributed by atoms with Gasteiger partial charge in [-0.25, -0.2) is 0 Å². The molecule has 0 fully saturated rings. The Bertz CT molecular complexity index is 2680. The minimum Gasteiger partial charge on any atom is -0.671 e. The van der Waals surface area contributed by atoms with Gasteiger partial charge in [-0.3, -0.25) is 4.99 Å². The first-order valence-corrected chi connectivity index (χ1v) is 16.4. The maximum atomic E-state index is 5.22. The molecular formula is C44H29N4-. The summed E-state index contributed by atoms with van der Waals surface area (Å²) >= 11 is 0. The molecule has 0 amide bonds. The monoisotopic (exact) mass is 613 g/mol. The second kappa shape index (κ2) is 10.6. The third-order valence-electron chi connectivity index (χ3n) is 9.67. The SMILES string of the molecule is c1ccc(C2=Nc3ccccc3[N-]C2c2ccc(-n3c4ccccc4c4cc5c6ccccc6n(-c6ccccc6)c5cc43)cc2)cc1. The summed E-state index contributed by atoms with van der Waals surface area (Å²) in [4.78, 5) is 5.12. The van der Waals surface area contributed by atoms with E-state index in [9.17, 15) is 0 Å². The van der Waals surface area contributed by atoms with E-state index < -0.39 is 0 Å². The Morgan fingerprint density at radius 2 is 0.979 bits per heavy atom. The molecule has 0 aliphatic carbocycles. The quantitative estimate of drug-likeness (QED) is 0.189. The van der Waals surface area contributed by atoms with Crippen LogP contribution < -0.4 is 0 Å². The van der Waals surface area contributed by atoms with Crippen molar-refractivity contribution in [2.75, 3.05) is 0 Å². The molecule has 0 radical (unpaired) electrons. The molecule has 0 saturated carbocycles. The van der Waals surface area contributed by atoms with Crippen molar-refractivity contribution >= 4 is 60.7 Å². The van der Waals surface area contributed by atoms with E-state index in [1.54, 1.807) is 0 Å². The lowest BCUT2D eigenvalue weighted by Crippen LogP contribution is -2.15. The van der Waals surface area contributed by atoms with Crippen LogP contribution in [0.15, 0.2) is 175 Å². The lowest BCUT2D eigenvalue weighted by molar-refractivity contribution is 1.06. The van der Waals surface area contributed by atoms with Crippen LogP contribution in [0.1, 0.15) is 17.2 Å². The zero-order valence-electron chi connectivity index (χ0n) is 26.0. The molecule has 3 heterocycles. The lowest BCUT2D eigenvalue weighted by atomic mass is 9.94. The molecule has 10 rings (SSSR count). The van der Waals surface area contributed by atoms with Crippen molar-refractivity contribution in [3.8, 4) is 11.4 Å². The van der Waals surface area contributed by atoms with E-state index in [-0.39, 0.29) is 6.04 Å². The van der Waals surface area contributed by atoms with Crippen LogP contribution in [0.5, 0.6) is 0 Å². The normalized spacial score (nSPS) is 14.3. The third-order valence-corrected chi connectivity index (χ3v) is 9.67. The van der Waals surface area contributed by atoms with Gasteiger partial charge in [-0.05, 0) is 66.2 Å². The zero-order chi connectivity index (χ0) is 31.6. The zero-order valence-corrected chi connectivity index (χ0v) is 26.0. The van der Waals surface area contributed by atoms with Gasteiger partial charge in [0.2, 0.25) is 0 Å². The van der Waals surface area contributed by atoms with Crippen molar-refractivity contribution in [2.45, 2.75) is 6.04 Å². The van der Waals surface area contributed by atoms with E-state index >= 15 is 0 Å². The van der Waals surface area contributed by atoms with Gasteiger partial charge in [-0.15, -0.1) is 5.69 Å². The summed E-state index contributed by atoms with van der Waals surface area (Å²) in [7, 11) is 0. The van der Waals surface area contributed by atoms with Crippen molar-refractivity contribution in [1.29, 1.82) is 0 Å². The fourth-order valence-electron chi connectivity index (χ4n) is 7.49. The van der Waals surface area contributed by atoms with Gasteiger partial charge in [0.15, 0.2) is 0 Å². The third kappa shape index (κ3) is 4.06. The highest BCUT2D eigenvalue weighted by atomic mass is 15.0. The Morgan fingerprint density at radius 1 is 0.438 bits per heavy atom. The van der Waals surface area contributed by atoms with Gasteiger partial charge < -0.3 is 14.5 Å². The second-order valence-electron chi connectivity index (χ2n) is 12.4. The largest absolute Gasteiger partial charge is 0.671 e. The predicted octanol–water partition coefficient (Wildman–Crippen LogP) is 11.8. The Kier molecular flexibility index (Phi) is 5.90. The Morgan fingerprint density at radius 3 is 1.65 bits per heavy atom. The molecule has 0 spiro atoms. The van der Waals surface area contributed by atoms with E-state index in [4.69, 9.17) is 10.3 Å². The van der Waals surface area contributed by atoms with E-state index in [1.807, 2.05) is 24.3 Å². The van der Waals surface area contributed by atoms with Crippen molar-refractivity contribution in [2.24, 2.45) is 4.99 Å². The van der Waals surface area contributed by atoms with Gasteiger partial charge in [0.1, 0.15) is 0 Å². The van der Waals surface area contributed by atoms with Crippen LogP contribution in [-0.2, 0) is 0 Å². The number of hydrogen-bond donors (Lipinski definition) is 0. The number of rotatable bonds is 4. The smallest absolute Gasteiger partial charge is 0.0562 e. The molecule has 1 aliphatic rings. The Balaban J connectivity index is 1.16. The van der Waals surface area contributed by atoms with Gasteiger partial charge in [0.25, 0.3) is 0 Å². The van der Waals surface area contributed by atoms with Crippen molar-refractivity contribution < 1.29 is 0 Å². The van der Waals surface area contributed by atoms with Crippen LogP contribution in [0.4, 0.5) is 11.4 Å². The van der Waals surface area contributed by atoms with Crippen LogP contribution in [0, 0.1) is 0 Å². The molecule has 0 saturated heterocycles. The molecule has 0 N–H and O–H groups in total. The first kappa shape index (κ1) is 26.8. The summed E-state index contributed by atoms with van der Waals surface area (Å²) in [6, 6.07) is 60.2. The maximum Gasteiger partial charge on any atom is 0.0562 e. The van der Waals surface area contributed by atoms with Crippen LogP contribution in [0.2, 0.25) is 0 Å². The number of para-hydroxylation sites is 5. The molecule has 48 heavy (non-hydrogen) atoms. The minimum atomic E-state index is -0.198. The van der Waals surface area contributed by atoms with Gasteiger partial charge in [-0.2, -0.15) is 0 Å². The van der Waals surface area contributed by atoms with Crippen LogP contribution >= 0.6 is 0 Å². The van der Waals surface area contributed by atoms with Crippen molar-refractivity contribution in [3.05, 3.63) is 186 Å². The Labute approximate surface area is 277 Å². The average molecular weight is 614 g/mol. The molecule has 1 aliphatic heterocycles. The lowest BCUT2D eigenvalue weighted by Gasteiger charge is -2.39. The number of fused-ring (bicyclic) bond motifs is 7. The van der Waals surface area contributed by atoms with Crippen molar-refractivity contribution in [1.82, 2.24) is 9.13 Å². The molecule has 4 nitrogen and oxygen atoms in total. The molecule has 9 aromatic rings. The summed E-state index contributed by atoms with van der Waals surface area (Å²) < 4.78 is 4.79. The fraction of sp³-hybridized carbons (Fsp3) is 0.0227. The highest BCUT2D eigenvalue weighted by Crippen LogP contribution is 2.45. The van der Waals surface area contributed by atoms with Crippen LogP contribution in [0.3, 0.4) is 0 Å². The summed E-state index contributed by atoms with van der Waals surface area (Å²) in [5.41, 5.74) is 12.0. The summed E-state index contributed by atoms with van der Waals surface area (Å²) in [5.74, 6) is 0. The first-order valence-electron chi connectivity index (χ1n) is 16.4. The topological polar surface area (TPSA) is 36.3 Å². The summed E-state index contributed by atoms with van der Waals surface area (Å²) in [6.45, 7) is 0.